The number of likely N-dealkylation sites (tertiary alicyclic amines) is 1. The van der Waals surface area contributed by atoms with E-state index in [-0.39, 0.29) is 0 Å². The number of unbranched alkanes of at least 4 members (excludes halogenated alkanes) is 1. The van der Waals surface area contributed by atoms with Gasteiger partial charge in [-0.3, -0.25) is 9.88 Å². The lowest BCUT2D eigenvalue weighted by Gasteiger charge is -2.24. The zero-order valence-electron chi connectivity index (χ0n) is 10.4. The molecule has 0 radical (unpaired) electrons. The van der Waals surface area contributed by atoms with E-state index in [1.807, 2.05) is 6.92 Å². The van der Waals surface area contributed by atoms with Crippen LogP contribution in [-0.4, -0.2) is 23.0 Å². The van der Waals surface area contributed by atoms with Gasteiger partial charge in [-0.2, -0.15) is 0 Å². The second-order valence-corrected chi connectivity index (χ2v) is 4.78. The number of nitrogens with zero attached hydrogens (tertiary/aromatic N) is 2. The van der Waals surface area contributed by atoms with Gasteiger partial charge in [-0.25, -0.2) is 0 Å². The third-order valence-electron chi connectivity index (χ3n) is 3.48. The van der Waals surface area contributed by atoms with Crippen LogP contribution in [0.4, 0.5) is 0 Å². The zero-order valence-corrected chi connectivity index (χ0v) is 10.4. The lowest BCUT2D eigenvalue weighted by atomic mass is 10.1. The first-order chi connectivity index (χ1) is 7.81. The summed E-state index contributed by atoms with van der Waals surface area (Å²) >= 11 is 0. The summed E-state index contributed by atoms with van der Waals surface area (Å²) in [7, 11) is 0. The third kappa shape index (κ3) is 2.62. The van der Waals surface area contributed by atoms with Crippen molar-refractivity contribution < 1.29 is 0 Å². The molecule has 0 spiro atoms. The van der Waals surface area contributed by atoms with E-state index in [1.54, 1.807) is 0 Å². The summed E-state index contributed by atoms with van der Waals surface area (Å²) in [6.07, 6.45) is 7.30. The van der Waals surface area contributed by atoms with Crippen molar-refractivity contribution in [1.29, 1.82) is 0 Å². The normalized spacial score (nSPS) is 21.5. The predicted octanol–water partition coefficient (Wildman–Crippen LogP) is 3.33. The molecular weight excluding hydrogens is 196 g/mol. The zero-order chi connectivity index (χ0) is 11.4. The molecule has 2 heteroatoms. The predicted molar refractivity (Wildman–Crippen MR) is 67.4 cm³/mol. The number of aryl methyl sites for hydroxylation is 1. The fourth-order valence-electron chi connectivity index (χ4n) is 2.51. The number of aromatic nitrogens is 1. The van der Waals surface area contributed by atoms with E-state index >= 15 is 0 Å². The highest BCUT2D eigenvalue weighted by molar-refractivity contribution is 5.18. The molecule has 16 heavy (non-hydrogen) atoms. The molecule has 1 fully saturated rings. The molecule has 2 rings (SSSR count). The van der Waals surface area contributed by atoms with Crippen molar-refractivity contribution in [2.45, 2.75) is 45.6 Å². The van der Waals surface area contributed by atoms with Gasteiger partial charge in [0.1, 0.15) is 0 Å². The first kappa shape index (κ1) is 11.6. The molecule has 1 aliphatic heterocycles. The molecule has 88 valence electrons. The Morgan fingerprint density at radius 3 is 3.00 bits per heavy atom. The van der Waals surface area contributed by atoms with Gasteiger partial charge in [0.25, 0.3) is 0 Å². The van der Waals surface area contributed by atoms with Crippen molar-refractivity contribution >= 4 is 0 Å². The highest BCUT2D eigenvalue weighted by Gasteiger charge is 2.25. The molecule has 0 unspecified atom stereocenters. The van der Waals surface area contributed by atoms with E-state index in [2.05, 4.69) is 35.1 Å². The fraction of sp³-hybridized carbons (Fsp3) is 0.643. The van der Waals surface area contributed by atoms with Gasteiger partial charge in [-0.05, 0) is 50.9 Å². The van der Waals surface area contributed by atoms with Gasteiger partial charge in [-0.1, -0.05) is 19.4 Å². The topological polar surface area (TPSA) is 16.1 Å². The van der Waals surface area contributed by atoms with Crippen LogP contribution in [0.2, 0.25) is 0 Å². The quantitative estimate of drug-likeness (QED) is 0.770. The Bertz CT molecular complexity index is 318. The monoisotopic (exact) mass is 218 g/mol. The molecule has 1 aromatic heterocycles. The highest BCUT2D eigenvalue weighted by atomic mass is 15.2. The molecule has 1 saturated heterocycles. The highest BCUT2D eigenvalue weighted by Crippen LogP contribution is 2.31. The minimum Gasteiger partial charge on any atom is -0.296 e. The van der Waals surface area contributed by atoms with Crippen LogP contribution in [0.15, 0.2) is 18.3 Å². The van der Waals surface area contributed by atoms with Crippen molar-refractivity contribution in [2.24, 2.45) is 0 Å². The molecule has 2 nitrogen and oxygen atoms in total. The number of hydrogen-bond donors (Lipinski definition) is 0. The summed E-state index contributed by atoms with van der Waals surface area (Å²) in [5.41, 5.74) is 2.51. The van der Waals surface area contributed by atoms with Crippen LogP contribution in [0, 0.1) is 6.92 Å². The Labute approximate surface area is 98.7 Å². The molecule has 1 aromatic rings. The second-order valence-electron chi connectivity index (χ2n) is 4.78. The smallest absolute Gasteiger partial charge is 0.0372 e. The van der Waals surface area contributed by atoms with Crippen LogP contribution < -0.4 is 0 Å². The van der Waals surface area contributed by atoms with E-state index < -0.39 is 0 Å². The van der Waals surface area contributed by atoms with Gasteiger partial charge in [0.15, 0.2) is 0 Å². The van der Waals surface area contributed by atoms with Crippen molar-refractivity contribution in [3.8, 4) is 0 Å². The van der Waals surface area contributed by atoms with Crippen LogP contribution in [-0.2, 0) is 0 Å². The summed E-state index contributed by atoms with van der Waals surface area (Å²) in [6.45, 7) is 6.82. The van der Waals surface area contributed by atoms with Crippen LogP contribution in [0.3, 0.4) is 0 Å². The molecular formula is C14H22N2. The molecule has 0 N–H and O–H groups in total. The minimum absolute atomic E-state index is 0.625. The van der Waals surface area contributed by atoms with E-state index in [0.29, 0.717) is 6.04 Å². The lowest BCUT2D eigenvalue weighted by molar-refractivity contribution is 0.253. The standard InChI is InChI=1S/C14H22N2/c1-3-4-9-16-10-5-6-14(16)13-8-7-12(2)15-11-13/h7-8,11,14H,3-6,9-10H2,1-2H3/t14-/m1/s1. The van der Waals surface area contributed by atoms with E-state index in [1.165, 1.54) is 44.3 Å². The van der Waals surface area contributed by atoms with Crippen molar-refractivity contribution in [3.63, 3.8) is 0 Å². The minimum atomic E-state index is 0.625. The van der Waals surface area contributed by atoms with E-state index in [4.69, 9.17) is 0 Å². The molecule has 1 aliphatic rings. The average molecular weight is 218 g/mol. The molecule has 1 atom stereocenters. The lowest BCUT2D eigenvalue weighted by Crippen LogP contribution is -2.24. The summed E-state index contributed by atoms with van der Waals surface area (Å²) < 4.78 is 0. The summed E-state index contributed by atoms with van der Waals surface area (Å²) in [4.78, 5) is 7.03. The van der Waals surface area contributed by atoms with E-state index in [0.717, 1.165) is 5.69 Å². The molecule has 0 bridgehead atoms. The molecule has 0 amide bonds. The Hall–Kier alpha value is -0.890. The van der Waals surface area contributed by atoms with Gasteiger partial charge < -0.3 is 0 Å². The fourth-order valence-corrected chi connectivity index (χ4v) is 2.51. The number of pyridine rings is 1. The summed E-state index contributed by atoms with van der Waals surface area (Å²) in [5.74, 6) is 0. The Morgan fingerprint density at radius 1 is 1.44 bits per heavy atom. The van der Waals surface area contributed by atoms with Crippen molar-refractivity contribution in [2.75, 3.05) is 13.1 Å². The number of hydrogen-bond acceptors (Lipinski definition) is 2. The van der Waals surface area contributed by atoms with Gasteiger partial charge in [0, 0.05) is 17.9 Å². The van der Waals surface area contributed by atoms with Crippen LogP contribution in [0.5, 0.6) is 0 Å². The Morgan fingerprint density at radius 2 is 2.31 bits per heavy atom. The molecule has 0 aliphatic carbocycles. The van der Waals surface area contributed by atoms with Gasteiger partial charge >= 0.3 is 0 Å². The third-order valence-corrected chi connectivity index (χ3v) is 3.48. The first-order valence-corrected chi connectivity index (χ1v) is 6.48. The maximum atomic E-state index is 4.41. The molecule has 0 saturated carbocycles. The van der Waals surface area contributed by atoms with Crippen LogP contribution in [0.25, 0.3) is 0 Å². The maximum absolute atomic E-state index is 4.41. The SMILES string of the molecule is CCCCN1CCC[C@@H]1c1ccc(C)nc1. The van der Waals surface area contributed by atoms with Gasteiger partial charge in [-0.15, -0.1) is 0 Å². The molecule has 0 aromatic carbocycles. The average Bonchev–Trinajstić information content (AvgIpc) is 2.75. The number of rotatable bonds is 4. The van der Waals surface area contributed by atoms with Crippen LogP contribution in [0.1, 0.15) is 49.9 Å². The van der Waals surface area contributed by atoms with E-state index in [9.17, 15) is 0 Å². The van der Waals surface area contributed by atoms with Gasteiger partial charge in [0.2, 0.25) is 0 Å². The molecule has 2 heterocycles. The summed E-state index contributed by atoms with van der Waals surface area (Å²) in [5, 5.41) is 0. The Kier molecular flexibility index (Phi) is 3.94. The van der Waals surface area contributed by atoms with Crippen molar-refractivity contribution in [3.05, 3.63) is 29.6 Å². The Balaban J connectivity index is 2.04. The largest absolute Gasteiger partial charge is 0.296 e. The second kappa shape index (κ2) is 5.44. The van der Waals surface area contributed by atoms with Crippen LogP contribution >= 0.6 is 0 Å². The van der Waals surface area contributed by atoms with Gasteiger partial charge in [0.05, 0.1) is 0 Å². The summed E-state index contributed by atoms with van der Waals surface area (Å²) in [6, 6.07) is 5.00. The first-order valence-electron chi connectivity index (χ1n) is 6.48. The maximum Gasteiger partial charge on any atom is 0.0372 e. The van der Waals surface area contributed by atoms with Crippen molar-refractivity contribution in [1.82, 2.24) is 9.88 Å².